The van der Waals surface area contributed by atoms with Crippen molar-refractivity contribution >= 4 is 142 Å². The first-order valence-corrected chi connectivity index (χ1v) is 27.3. The summed E-state index contributed by atoms with van der Waals surface area (Å²) in [5, 5.41) is 53.3. The van der Waals surface area contributed by atoms with E-state index in [0.29, 0.717) is 12.1 Å². The van der Waals surface area contributed by atoms with Crippen molar-refractivity contribution in [1.82, 2.24) is 15.0 Å². The Kier molecular flexibility index (Phi) is 30.6. The molecule has 0 radical (unpaired) electrons. The molecule has 0 aliphatic carbocycles. The van der Waals surface area contributed by atoms with E-state index in [1.54, 1.807) is 0 Å². The van der Waals surface area contributed by atoms with Gasteiger partial charge in [0.1, 0.15) is 51.8 Å². The van der Waals surface area contributed by atoms with Crippen molar-refractivity contribution in [3.63, 3.8) is 0 Å². The Hall–Kier alpha value is -0.680. The molecule has 29 nitrogen and oxygen atoms in total. The summed E-state index contributed by atoms with van der Waals surface area (Å²) in [5.41, 5.74) is -3.16. The minimum atomic E-state index is -5.77. The van der Waals surface area contributed by atoms with Crippen LogP contribution in [-0.2, 0) is 63.9 Å². The van der Waals surface area contributed by atoms with Crippen LogP contribution in [0.4, 0.5) is 46.0 Å². The standard InChI is InChI=1S/C37H27ClN9O20S6.6Na/c38-35-41-36(39-24-11-12-27(71(56,57)58)22-17-29(73(62,63)64)32(34(49)31(22)24)47-45-23-3-1-2-4-28(23)72(59,60)61)43-37(42-35)40-26-16-21(70(53,54)55)15-18-5-10-25(33(48)30(18)26)46-44-19-6-8-20(9-7-19)69(51,52)14-13-65-68-67-66-50;;;;;;/h1-9,11-12,15-17,48-50H,13-14H2,(H,53,54,55)(H,56,57,58)(H,59,60,61)(H,62,63,64)(H2,39,40,41,42,43);;;;;;/q-1;6*+1/p-5. The molecular weight excluding hydrogens is 1260 g/mol. The number of anilines is 4. The van der Waals surface area contributed by atoms with Gasteiger partial charge in [-0.3, -0.25) is 9.22 Å². The van der Waals surface area contributed by atoms with Crippen LogP contribution in [-0.4, -0.2) is 97.8 Å². The minimum Gasteiger partial charge on any atom is -0.744 e. The zero-order valence-corrected chi connectivity index (χ0v) is 58.9. The average molecular weight is 1280 g/mol. The summed E-state index contributed by atoms with van der Waals surface area (Å²) >= 11 is 6.34. The van der Waals surface area contributed by atoms with E-state index in [2.05, 4.69) is 61.5 Å². The van der Waals surface area contributed by atoms with Crippen molar-refractivity contribution < 1.29 is 267 Å². The van der Waals surface area contributed by atoms with E-state index in [0.717, 1.165) is 42.5 Å². The van der Waals surface area contributed by atoms with Gasteiger partial charge in [-0.05, 0) is 72.3 Å². The molecular formula is C37H22ClN9Na6O20S6. The van der Waals surface area contributed by atoms with Gasteiger partial charge in [-0.15, -0.1) is 19.9 Å². The first-order chi connectivity index (χ1) is 34.2. The van der Waals surface area contributed by atoms with Gasteiger partial charge >= 0.3 is 177 Å². The van der Waals surface area contributed by atoms with E-state index in [1.807, 2.05) is 0 Å². The predicted molar refractivity (Wildman–Crippen MR) is 242 cm³/mol. The molecule has 0 fully saturated rings. The third-order valence-corrected chi connectivity index (χ3v) is 15.1. The third kappa shape index (κ3) is 19.4. The summed E-state index contributed by atoms with van der Waals surface area (Å²) in [6.45, 7) is -0.383. The first-order valence-electron chi connectivity index (χ1n) is 19.0. The summed E-state index contributed by atoms with van der Waals surface area (Å²) in [4.78, 5) is 7.27. The second-order valence-electron chi connectivity index (χ2n) is 14.1. The summed E-state index contributed by atoms with van der Waals surface area (Å²) in [6, 6.07) is 16.1. The zero-order valence-electron chi connectivity index (χ0n) is 41.2. The number of nitrogens with zero attached hydrogens (tertiary/aromatic N) is 7. The maximum atomic E-state index is 12.6. The maximum absolute atomic E-state index is 12.6. The summed E-state index contributed by atoms with van der Waals surface area (Å²) < 4.78 is 181. The molecule has 0 saturated carbocycles. The zero-order chi connectivity index (χ0) is 53.3. The molecule has 79 heavy (non-hydrogen) atoms. The largest absolute Gasteiger partial charge is 1.00 e. The average Bonchev–Trinajstić information content (AvgIpc) is 3.29. The second-order valence-corrected chi connectivity index (χ2v) is 22.4. The molecule has 0 bridgehead atoms. The number of aromatic hydroxyl groups is 2. The molecule has 0 unspecified atom stereocenters. The van der Waals surface area contributed by atoms with E-state index in [9.17, 15) is 75.8 Å². The number of fused-ring (bicyclic) bond motifs is 2. The normalized spacial score (nSPS) is 11.9. The number of halogens is 1. The van der Waals surface area contributed by atoms with Crippen molar-refractivity contribution in [2.24, 2.45) is 20.5 Å². The predicted octanol–water partition coefficient (Wildman–Crippen LogP) is -13.4. The number of sulfone groups is 1. The van der Waals surface area contributed by atoms with Crippen LogP contribution in [0.5, 0.6) is 11.5 Å². The summed E-state index contributed by atoms with van der Waals surface area (Å²) in [6.07, 6.45) is 0. The van der Waals surface area contributed by atoms with E-state index in [-0.39, 0.29) is 223 Å². The van der Waals surface area contributed by atoms with Crippen LogP contribution in [0.1, 0.15) is 0 Å². The maximum Gasteiger partial charge on any atom is 1.00 e. The minimum absolute atomic E-state index is 0. The van der Waals surface area contributed by atoms with Crippen LogP contribution in [0.3, 0.4) is 0 Å². The quantitative estimate of drug-likeness (QED) is 0.00854. The molecule has 7 rings (SSSR count). The number of hydrogen-bond donors (Lipinski definition) is 4. The van der Waals surface area contributed by atoms with Crippen molar-refractivity contribution in [2.45, 2.75) is 24.5 Å². The van der Waals surface area contributed by atoms with Gasteiger partial charge in [0.15, 0.2) is 27.9 Å². The Bertz CT molecular complexity index is 4040. The third-order valence-electron chi connectivity index (χ3n) is 9.46. The Morgan fingerprint density at radius 3 is 1.80 bits per heavy atom. The molecule has 0 aliphatic heterocycles. The van der Waals surface area contributed by atoms with E-state index in [4.69, 9.17) is 15.8 Å². The van der Waals surface area contributed by atoms with E-state index in [1.165, 1.54) is 30.3 Å². The number of nitrogens with one attached hydrogen (secondary N) is 2. The molecule has 1 heterocycles. The van der Waals surface area contributed by atoms with Crippen LogP contribution < -0.4 is 193 Å². The molecule has 6 aromatic carbocycles. The van der Waals surface area contributed by atoms with Crippen molar-refractivity contribution in [1.29, 1.82) is 0 Å². The molecule has 0 aliphatic rings. The molecule has 7 aromatic rings. The molecule has 384 valence electrons. The fourth-order valence-electron chi connectivity index (χ4n) is 6.42. The molecule has 1 aromatic heterocycles. The SMILES string of the molecule is O=S(=O)([O-])c1cc(Nc2nc(Cl)nc(Nc3ccc(S(=O)(=O)[O-])c4cc(S(=O)(=O)[O-])c(N=Nc5ccccc5S(=O)(=O)[O-])c(O)c34)n2)c2c(O)c(N=Nc3ccc(S(=O)(=O)CCOSOO[O-])cc3)[c-]cc2c1.[Na+].[Na+].[Na+].[Na+].[Na+].[Na+]. The van der Waals surface area contributed by atoms with Crippen LogP contribution >= 0.6 is 23.9 Å². The van der Waals surface area contributed by atoms with Gasteiger partial charge in [0, 0.05) is 27.4 Å². The summed E-state index contributed by atoms with van der Waals surface area (Å²) in [7, 11) is -25.7. The first kappa shape index (κ1) is 76.3. The molecule has 0 spiro atoms. The number of benzene rings is 6. The number of phenols is 2. The number of hydrogen-bond acceptors (Lipinski definition) is 30. The van der Waals surface area contributed by atoms with E-state index < -0.39 is 138 Å². The fourth-order valence-corrected chi connectivity index (χ4v) is 10.4. The molecule has 42 heteroatoms. The Morgan fingerprint density at radius 2 is 1.22 bits per heavy atom. The number of azo groups is 2. The summed E-state index contributed by atoms with van der Waals surface area (Å²) in [5.74, 6) is -3.85. The topological polar surface area (TPSA) is 466 Å². The molecule has 0 saturated heterocycles. The smallest absolute Gasteiger partial charge is 0.744 e. The van der Waals surface area contributed by atoms with Crippen molar-refractivity contribution in [2.75, 3.05) is 23.0 Å². The Labute approximate surface area is 589 Å². The van der Waals surface area contributed by atoms with Gasteiger partial charge in [0.25, 0.3) is 0 Å². The Balaban J connectivity index is 0.00000520. The van der Waals surface area contributed by atoms with Gasteiger partial charge in [-0.1, -0.05) is 23.6 Å². The number of aromatic nitrogens is 3. The Morgan fingerprint density at radius 1 is 0.620 bits per heavy atom. The number of phenolic OH excluding ortho intramolecular Hbond substituents is 2. The van der Waals surface area contributed by atoms with Crippen molar-refractivity contribution in [3.05, 3.63) is 96.3 Å². The van der Waals surface area contributed by atoms with Gasteiger partial charge in [-0.25, -0.2) is 42.1 Å². The van der Waals surface area contributed by atoms with Gasteiger partial charge in [0.05, 0.1) is 48.7 Å². The van der Waals surface area contributed by atoms with Crippen LogP contribution in [0.2, 0.25) is 5.28 Å². The van der Waals surface area contributed by atoms with Crippen LogP contribution in [0.15, 0.2) is 130 Å². The molecule has 0 atom stereocenters. The van der Waals surface area contributed by atoms with Crippen molar-refractivity contribution in [3.8, 4) is 11.5 Å². The van der Waals surface area contributed by atoms with Gasteiger partial charge in [-0.2, -0.15) is 37.3 Å². The molecule has 0 amide bonds. The molecule has 4 N–H and O–H groups in total. The monoisotopic (exact) mass is 1280 g/mol. The number of rotatable bonds is 19. The van der Waals surface area contributed by atoms with Gasteiger partial charge < -0.3 is 44.3 Å². The van der Waals surface area contributed by atoms with E-state index >= 15 is 0 Å². The van der Waals surface area contributed by atoms with Gasteiger partial charge in [0.2, 0.25) is 17.2 Å². The second kappa shape index (κ2) is 31.6. The van der Waals surface area contributed by atoms with Crippen LogP contribution in [0, 0.1) is 6.07 Å². The fraction of sp³-hybridized carbons (Fsp3) is 0.0541. The van der Waals surface area contributed by atoms with Crippen LogP contribution in [0.25, 0.3) is 21.5 Å².